The summed E-state index contributed by atoms with van der Waals surface area (Å²) >= 11 is 3.94. The molecule has 1 aliphatic rings. The molecule has 2 heterocycles. The minimum absolute atomic E-state index is 0.138. The summed E-state index contributed by atoms with van der Waals surface area (Å²) in [5.74, 6) is 2.68. The van der Waals surface area contributed by atoms with Gasteiger partial charge >= 0.3 is 0 Å². The van der Waals surface area contributed by atoms with Gasteiger partial charge in [-0.15, -0.1) is 23.5 Å². The number of thioether (sulfide) groups is 2. The molecule has 1 fully saturated rings. The molecule has 1 aromatic carbocycles. The number of carbonyl (C=O) groups excluding carboxylic acids is 1. The van der Waals surface area contributed by atoms with Crippen LogP contribution in [0.5, 0.6) is 5.75 Å². The number of amides is 1. The average Bonchev–Trinajstić information content (AvgIpc) is 2.63. The smallest absolute Gasteiger partial charge is 0.271 e. The molecule has 24 heavy (non-hydrogen) atoms. The molecular formula is C17H18N2O3S2. The fraction of sp³-hybridized carbons (Fsp3) is 0.294. The molecular weight excluding hydrogens is 344 g/mol. The number of hydrogen-bond acceptors (Lipinski definition) is 5. The predicted octanol–water partition coefficient (Wildman–Crippen LogP) is 3.26. The minimum Gasteiger partial charge on any atom is -0.484 e. The third-order valence-electron chi connectivity index (χ3n) is 3.44. The van der Waals surface area contributed by atoms with Crippen LogP contribution in [0.4, 0.5) is 5.69 Å². The average molecular weight is 362 g/mol. The van der Waals surface area contributed by atoms with Gasteiger partial charge in [-0.2, -0.15) is 0 Å². The Morgan fingerprint density at radius 3 is 2.67 bits per heavy atom. The second-order valence-electron chi connectivity index (χ2n) is 5.25. The summed E-state index contributed by atoms with van der Waals surface area (Å²) in [7, 11) is 0. The Kier molecular flexibility index (Phi) is 5.87. The van der Waals surface area contributed by atoms with Crippen LogP contribution in [0, 0.1) is 0 Å². The molecule has 2 N–H and O–H groups in total. The van der Waals surface area contributed by atoms with Crippen molar-refractivity contribution in [3.05, 3.63) is 58.5 Å². The molecule has 0 unspecified atom stereocenters. The predicted molar refractivity (Wildman–Crippen MR) is 99.9 cm³/mol. The van der Waals surface area contributed by atoms with Gasteiger partial charge < -0.3 is 15.0 Å². The number of rotatable bonds is 5. The molecule has 0 radical (unpaired) electrons. The summed E-state index contributed by atoms with van der Waals surface area (Å²) in [6.07, 6.45) is 2.78. The van der Waals surface area contributed by atoms with E-state index in [1.165, 1.54) is 29.7 Å². The van der Waals surface area contributed by atoms with Crippen molar-refractivity contribution in [2.75, 3.05) is 23.4 Å². The highest BCUT2D eigenvalue weighted by Crippen LogP contribution is 2.43. The summed E-state index contributed by atoms with van der Waals surface area (Å²) in [4.78, 5) is 25.9. The van der Waals surface area contributed by atoms with Crippen LogP contribution < -0.4 is 15.6 Å². The number of nitrogens with one attached hydrogen (secondary N) is 2. The van der Waals surface area contributed by atoms with Crippen molar-refractivity contribution in [1.29, 1.82) is 0 Å². The molecule has 126 valence electrons. The largest absolute Gasteiger partial charge is 0.484 e. The maximum atomic E-state index is 11.9. The molecule has 0 aliphatic carbocycles. The zero-order chi connectivity index (χ0) is 16.8. The Hall–Kier alpha value is -1.86. The number of aromatic nitrogens is 1. The van der Waals surface area contributed by atoms with Crippen LogP contribution in [0.1, 0.15) is 16.6 Å². The highest BCUT2D eigenvalue weighted by Gasteiger charge is 2.16. The lowest BCUT2D eigenvalue weighted by Gasteiger charge is -2.21. The molecule has 0 spiro atoms. The zero-order valence-electron chi connectivity index (χ0n) is 13.0. The van der Waals surface area contributed by atoms with Crippen molar-refractivity contribution in [3.8, 4) is 5.75 Å². The first-order valence-electron chi connectivity index (χ1n) is 7.66. The van der Waals surface area contributed by atoms with Crippen molar-refractivity contribution >= 4 is 35.1 Å². The van der Waals surface area contributed by atoms with Gasteiger partial charge in [0.15, 0.2) is 6.61 Å². The second-order valence-corrected chi connectivity index (χ2v) is 7.97. The molecule has 5 nitrogen and oxygen atoms in total. The highest BCUT2D eigenvalue weighted by molar-refractivity contribution is 8.16. The molecule has 0 bridgehead atoms. The molecule has 2 aromatic rings. The van der Waals surface area contributed by atoms with Crippen molar-refractivity contribution in [2.24, 2.45) is 0 Å². The van der Waals surface area contributed by atoms with Crippen LogP contribution in [0.25, 0.3) is 0 Å². The third kappa shape index (κ3) is 4.58. The van der Waals surface area contributed by atoms with Crippen LogP contribution in [0.3, 0.4) is 0 Å². The number of anilines is 1. The fourth-order valence-electron chi connectivity index (χ4n) is 2.26. The van der Waals surface area contributed by atoms with E-state index in [2.05, 4.69) is 10.3 Å². The topological polar surface area (TPSA) is 71.2 Å². The van der Waals surface area contributed by atoms with Gasteiger partial charge in [0.1, 0.15) is 11.4 Å². The van der Waals surface area contributed by atoms with Gasteiger partial charge in [-0.3, -0.25) is 9.59 Å². The van der Waals surface area contributed by atoms with Gasteiger partial charge in [-0.1, -0.05) is 12.1 Å². The highest BCUT2D eigenvalue weighted by atomic mass is 32.2. The van der Waals surface area contributed by atoms with Crippen molar-refractivity contribution < 1.29 is 9.53 Å². The third-order valence-corrected chi connectivity index (χ3v) is 6.46. The Labute approximate surface area is 148 Å². The molecule has 7 heteroatoms. The summed E-state index contributed by atoms with van der Waals surface area (Å²) in [6.45, 7) is -0.138. The maximum absolute atomic E-state index is 11.9. The summed E-state index contributed by atoms with van der Waals surface area (Å²) in [5, 5.41) is 2.53. The van der Waals surface area contributed by atoms with Crippen LogP contribution in [0.2, 0.25) is 0 Å². The normalized spacial score (nSPS) is 15.0. The van der Waals surface area contributed by atoms with Crippen LogP contribution in [-0.2, 0) is 4.79 Å². The van der Waals surface area contributed by atoms with Gasteiger partial charge in [-0.05, 0) is 47.8 Å². The van der Waals surface area contributed by atoms with Crippen molar-refractivity contribution in [2.45, 2.75) is 11.0 Å². The molecule has 1 amide bonds. The van der Waals surface area contributed by atoms with E-state index in [-0.39, 0.29) is 23.8 Å². The van der Waals surface area contributed by atoms with Gasteiger partial charge in [-0.25, -0.2) is 0 Å². The molecule has 1 aliphatic heterocycles. The first-order chi connectivity index (χ1) is 11.7. The van der Waals surface area contributed by atoms with E-state index >= 15 is 0 Å². The van der Waals surface area contributed by atoms with Crippen LogP contribution in [-0.4, -0.2) is 29.0 Å². The maximum Gasteiger partial charge on any atom is 0.271 e. The molecule has 3 rings (SSSR count). The zero-order valence-corrected chi connectivity index (χ0v) is 14.6. The van der Waals surface area contributed by atoms with E-state index in [0.717, 1.165) is 0 Å². The van der Waals surface area contributed by atoms with Crippen molar-refractivity contribution in [1.82, 2.24) is 4.98 Å². The Balaban J connectivity index is 1.52. The minimum atomic E-state index is -0.367. The van der Waals surface area contributed by atoms with E-state index in [4.69, 9.17) is 4.74 Å². The van der Waals surface area contributed by atoms with E-state index < -0.39 is 0 Å². The first kappa shape index (κ1) is 17.0. The SMILES string of the molecule is O=C(COc1ccc(C2SCCCS2)cc1)Nc1ccc[nH]c1=O. The molecule has 0 saturated carbocycles. The molecule has 0 atom stereocenters. The van der Waals surface area contributed by atoms with Gasteiger partial charge in [0.2, 0.25) is 0 Å². The number of benzene rings is 1. The number of aromatic amines is 1. The summed E-state index contributed by atoms with van der Waals surface area (Å²) in [5.41, 5.74) is 1.16. The summed E-state index contributed by atoms with van der Waals surface area (Å²) in [6, 6.07) is 11.1. The Bertz CT molecular complexity index is 740. The monoisotopic (exact) mass is 362 g/mol. The quantitative estimate of drug-likeness (QED) is 0.854. The first-order valence-corrected chi connectivity index (χ1v) is 9.75. The van der Waals surface area contributed by atoms with E-state index in [1.807, 2.05) is 47.8 Å². The second kappa shape index (κ2) is 8.30. The number of pyridine rings is 1. The summed E-state index contributed by atoms with van der Waals surface area (Å²) < 4.78 is 5.97. The van der Waals surface area contributed by atoms with E-state index in [1.54, 1.807) is 12.1 Å². The lowest BCUT2D eigenvalue weighted by molar-refractivity contribution is -0.118. The number of ether oxygens (including phenoxy) is 1. The standard InChI is InChI=1S/C17H18N2O3S2/c20-15(19-14-3-1-8-18-16(14)21)11-22-13-6-4-12(5-7-13)17-23-9-2-10-24-17/h1,3-8,17H,2,9-11H2,(H,18,21)(H,19,20). The number of H-pyrrole nitrogens is 1. The Morgan fingerprint density at radius 1 is 1.21 bits per heavy atom. The number of hydrogen-bond donors (Lipinski definition) is 2. The lowest BCUT2D eigenvalue weighted by Crippen LogP contribution is -2.24. The van der Waals surface area contributed by atoms with Crippen LogP contribution >= 0.6 is 23.5 Å². The molecule has 1 saturated heterocycles. The number of carbonyl (C=O) groups is 1. The Morgan fingerprint density at radius 2 is 1.96 bits per heavy atom. The van der Waals surface area contributed by atoms with E-state index in [9.17, 15) is 9.59 Å². The fourth-order valence-corrected chi connectivity index (χ4v) is 5.15. The van der Waals surface area contributed by atoms with Gasteiger partial charge in [0, 0.05) is 6.20 Å². The molecule has 1 aromatic heterocycles. The van der Waals surface area contributed by atoms with Gasteiger partial charge in [0.05, 0.1) is 4.58 Å². The van der Waals surface area contributed by atoms with Crippen molar-refractivity contribution in [3.63, 3.8) is 0 Å². The van der Waals surface area contributed by atoms with Gasteiger partial charge in [0.25, 0.3) is 11.5 Å². The lowest BCUT2D eigenvalue weighted by atomic mass is 10.2. The van der Waals surface area contributed by atoms with Crippen LogP contribution in [0.15, 0.2) is 47.4 Å². The van der Waals surface area contributed by atoms with E-state index in [0.29, 0.717) is 10.3 Å².